The summed E-state index contributed by atoms with van der Waals surface area (Å²) in [5.74, 6) is 1.32. The quantitative estimate of drug-likeness (QED) is 0.711. The van der Waals surface area contributed by atoms with Crippen LogP contribution < -0.4 is 0 Å². The van der Waals surface area contributed by atoms with Crippen molar-refractivity contribution in [2.45, 2.75) is 38.8 Å². The van der Waals surface area contributed by atoms with Crippen molar-refractivity contribution in [1.82, 2.24) is 20.1 Å². The molecule has 1 atom stereocenters. The van der Waals surface area contributed by atoms with Gasteiger partial charge in [0.05, 0.1) is 17.2 Å². The lowest BCUT2D eigenvalue weighted by atomic mass is 10.0. The Kier molecular flexibility index (Phi) is 4.40. The van der Waals surface area contributed by atoms with Crippen LogP contribution in [0.1, 0.15) is 42.5 Å². The number of aromatic nitrogens is 3. The summed E-state index contributed by atoms with van der Waals surface area (Å²) in [5, 5.41) is 8.61. The second kappa shape index (κ2) is 6.83. The summed E-state index contributed by atoms with van der Waals surface area (Å²) in [4.78, 5) is 7.69. The zero-order chi connectivity index (χ0) is 16.4. The topological polar surface area (TPSA) is 55.1 Å². The largest absolute Gasteiger partial charge is 0.418 e. The van der Waals surface area contributed by atoms with E-state index in [1.807, 2.05) is 12.4 Å². The monoisotopic (exact) mass is 340 g/mol. The lowest BCUT2D eigenvalue weighted by molar-refractivity contribution is 0.118. The molecule has 5 nitrogen and oxygen atoms in total. The number of hydrogen-bond donors (Lipinski definition) is 0. The Bertz CT molecular complexity index is 798. The van der Waals surface area contributed by atoms with E-state index < -0.39 is 0 Å². The highest BCUT2D eigenvalue weighted by molar-refractivity contribution is 7.13. The predicted octanol–water partition coefficient (Wildman–Crippen LogP) is 4.23. The van der Waals surface area contributed by atoms with E-state index in [2.05, 4.69) is 50.4 Å². The van der Waals surface area contributed by atoms with Gasteiger partial charge in [0.25, 0.3) is 5.89 Å². The number of benzene rings is 1. The highest BCUT2D eigenvalue weighted by Gasteiger charge is 2.29. The highest BCUT2D eigenvalue weighted by Crippen LogP contribution is 2.34. The molecule has 1 aliphatic heterocycles. The number of rotatable bonds is 4. The van der Waals surface area contributed by atoms with Crippen LogP contribution in [0.25, 0.3) is 10.8 Å². The Labute approximate surface area is 145 Å². The smallest absolute Gasteiger partial charge is 0.259 e. The minimum atomic E-state index is 0.202. The molecule has 0 radical (unpaired) electrons. The molecule has 0 spiro atoms. The van der Waals surface area contributed by atoms with Gasteiger partial charge in [-0.3, -0.25) is 4.90 Å². The third kappa shape index (κ3) is 3.12. The Hall–Kier alpha value is -2.05. The van der Waals surface area contributed by atoms with E-state index in [1.54, 1.807) is 11.3 Å². The standard InChI is InChI=1S/C18H20N4OS/c1-13-16(24-12-19-13)18-21-20-17(23-18)15-9-5-6-10-22(15)11-14-7-3-2-4-8-14/h2-4,7-8,12,15H,5-6,9-11H2,1H3/t15-/m1/s1. The van der Waals surface area contributed by atoms with Gasteiger partial charge in [-0.05, 0) is 31.9 Å². The zero-order valence-corrected chi connectivity index (χ0v) is 14.5. The van der Waals surface area contributed by atoms with E-state index in [9.17, 15) is 0 Å². The van der Waals surface area contributed by atoms with Crippen LogP contribution in [0.2, 0.25) is 0 Å². The average molecular weight is 340 g/mol. The zero-order valence-electron chi connectivity index (χ0n) is 13.7. The molecule has 1 saturated heterocycles. The molecule has 0 amide bonds. The molecule has 4 rings (SSSR count). The fraction of sp³-hybridized carbons (Fsp3) is 0.389. The molecule has 6 heteroatoms. The van der Waals surface area contributed by atoms with Crippen LogP contribution in [-0.2, 0) is 6.54 Å². The van der Waals surface area contributed by atoms with Crippen molar-refractivity contribution >= 4 is 11.3 Å². The van der Waals surface area contributed by atoms with E-state index in [0.29, 0.717) is 5.89 Å². The first-order valence-corrected chi connectivity index (χ1v) is 9.21. The molecule has 0 bridgehead atoms. The van der Waals surface area contributed by atoms with Crippen molar-refractivity contribution in [2.75, 3.05) is 6.54 Å². The lowest BCUT2D eigenvalue weighted by Crippen LogP contribution is -2.33. The molecule has 0 saturated carbocycles. The van der Waals surface area contributed by atoms with Gasteiger partial charge in [0.1, 0.15) is 4.88 Å². The number of thiazole rings is 1. The molecule has 3 aromatic rings. The summed E-state index contributed by atoms with van der Waals surface area (Å²) in [6.07, 6.45) is 3.49. The normalized spacial score (nSPS) is 18.8. The molecule has 0 N–H and O–H groups in total. The predicted molar refractivity (Wildman–Crippen MR) is 93.6 cm³/mol. The van der Waals surface area contributed by atoms with E-state index in [0.717, 1.165) is 36.0 Å². The van der Waals surface area contributed by atoms with Gasteiger partial charge in [0.15, 0.2) is 0 Å². The van der Waals surface area contributed by atoms with Crippen LogP contribution in [0.5, 0.6) is 0 Å². The molecular weight excluding hydrogens is 320 g/mol. The van der Waals surface area contributed by atoms with Crippen molar-refractivity contribution in [1.29, 1.82) is 0 Å². The fourth-order valence-electron chi connectivity index (χ4n) is 3.25. The van der Waals surface area contributed by atoms with E-state index in [1.165, 1.54) is 18.4 Å². The van der Waals surface area contributed by atoms with Crippen LogP contribution in [0.3, 0.4) is 0 Å². The molecule has 1 fully saturated rings. The van der Waals surface area contributed by atoms with Crippen LogP contribution in [0, 0.1) is 6.92 Å². The second-order valence-electron chi connectivity index (χ2n) is 6.18. The summed E-state index contributed by atoms with van der Waals surface area (Å²) < 4.78 is 6.02. The van der Waals surface area contributed by atoms with Gasteiger partial charge in [-0.2, -0.15) is 0 Å². The first-order chi connectivity index (χ1) is 11.8. The Morgan fingerprint density at radius 3 is 2.88 bits per heavy atom. The molecular formula is C18H20N4OS. The summed E-state index contributed by atoms with van der Waals surface area (Å²) in [5.41, 5.74) is 4.08. The fourth-order valence-corrected chi connectivity index (χ4v) is 3.97. The van der Waals surface area contributed by atoms with Crippen LogP contribution >= 0.6 is 11.3 Å². The number of piperidine rings is 1. The number of nitrogens with zero attached hydrogens (tertiary/aromatic N) is 4. The first kappa shape index (κ1) is 15.5. The molecule has 1 aromatic carbocycles. The third-order valence-electron chi connectivity index (χ3n) is 4.51. The van der Waals surface area contributed by atoms with Crippen molar-refractivity contribution in [3.8, 4) is 10.8 Å². The maximum absolute atomic E-state index is 6.02. The van der Waals surface area contributed by atoms with Crippen molar-refractivity contribution in [2.24, 2.45) is 0 Å². The molecule has 2 aromatic heterocycles. The average Bonchev–Trinajstić information content (AvgIpc) is 3.25. The van der Waals surface area contributed by atoms with Gasteiger partial charge in [-0.25, -0.2) is 4.98 Å². The van der Waals surface area contributed by atoms with Crippen LogP contribution in [-0.4, -0.2) is 26.6 Å². The minimum Gasteiger partial charge on any atom is -0.418 e. The molecule has 0 unspecified atom stereocenters. The summed E-state index contributed by atoms with van der Waals surface area (Å²) in [6.45, 7) is 3.96. The molecule has 24 heavy (non-hydrogen) atoms. The van der Waals surface area contributed by atoms with E-state index in [-0.39, 0.29) is 6.04 Å². The Morgan fingerprint density at radius 2 is 2.08 bits per heavy atom. The van der Waals surface area contributed by atoms with Crippen LogP contribution in [0.15, 0.2) is 40.3 Å². The summed E-state index contributed by atoms with van der Waals surface area (Å²) >= 11 is 1.55. The van der Waals surface area contributed by atoms with E-state index >= 15 is 0 Å². The number of likely N-dealkylation sites (tertiary alicyclic amines) is 1. The lowest BCUT2D eigenvalue weighted by Gasteiger charge is -2.33. The maximum atomic E-state index is 6.02. The molecule has 3 heterocycles. The third-order valence-corrected chi connectivity index (χ3v) is 5.42. The number of hydrogen-bond acceptors (Lipinski definition) is 6. The van der Waals surface area contributed by atoms with Crippen molar-refractivity contribution in [3.63, 3.8) is 0 Å². The highest BCUT2D eigenvalue weighted by atomic mass is 32.1. The first-order valence-electron chi connectivity index (χ1n) is 8.33. The van der Waals surface area contributed by atoms with Gasteiger partial charge in [-0.1, -0.05) is 36.8 Å². The maximum Gasteiger partial charge on any atom is 0.259 e. The minimum absolute atomic E-state index is 0.202. The van der Waals surface area contributed by atoms with Gasteiger partial charge >= 0.3 is 0 Å². The molecule has 124 valence electrons. The van der Waals surface area contributed by atoms with Gasteiger partial charge in [0.2, 0.25) is 5.89 Å². The van der Waals surface area contributed by atoms with Crippen molar-refractivity contribution < 1.29 is 4.42 Å². The Balaban J connectivity index is 1.57. The number of aryl methyl sites for hydroxylation is 1. The molecule has 1 aliphatic rings. The van der Waals surface area contributed by atoms with Gasteiger partial charge in [-0.15, -0.1) is 21.5 Å². The second-order valence-corrected chi connectivity index (χ2v) is 7.03. The Morgan fingerprint density at radius 1 is 1.21 bits per heavy atom. The van der Waals surface area contributed by atoms with Gasteiger partial charge in [0, 0.05) is 6.54 Å². The van der Waals surface area contributed by atoms with Crippen LogP contribution in [0.4, 0.5) is 0 Å². The molecule has 0 aliphatic carbocycles. The SMILES string of the molecule is Cc1ncsc1-c1nnc([C@H]2CCCCN2Cc2ccccc2)o1. The summed E-state index contributed by atoms with van der Waals surface area (Å²) in [7, 11) is 0. The van der Waals surface area contributed by atoms with Crippen molar-refractivity contribution in [3.05, 3.63) is 53.0 Å². The van der Waals surface area contributed by atoms with Gasteiger partial charge < -0.3 is 4.42 Å². The summed E-state index contributed by atoms with van der Waals surface area (Å²) in [6, 6.07) is 10.8. The van der Waals surface area contributed by atoms with E-state index in [4.69, 9.17) is 4.42 Å².